The lowest BCUT2D eigenvalue weighted by Gasteiger charge is -2.36. The predicted molar refractivity (Wildman–Crippen MR) is 129 cm³/mol. The number of rotatable bonds is 8. The van der Waals surface area contributed by atoms with Crippen LogP contribution in [-0.4, -0.2) is 39.7 Å². The first-order valence-electron chi connectivity index (χ1n) is 11.1. The molecule has 0 amide bonds. The van der Waals surface area contributed by atoms with E-state index in [-0.39, 0.29) is 29.4 Å². The monoisotopic (exact) mass is 495 g/mol. The van der Waals surface area contributed by atoms with Gasteiger partial charge >= 0.3 is 0 Å². The minimum absolute atomic E-state index is 0.0335. The zero-order valence-corrected chi connectivity index (χ0v) is 20.9. The molecule has 3 rings (SSSR count). The van der Waals surface area contributed by atoms with Crippen molar-refractivity contribution in [3.63, 3.8) is 0 Å². The van der Waals surface area contributed by atoms with Gasteiger partial charge in [-0.3, -0.25) is 8.98 Å². The predicted octanol–water partition coefficient (Wildman–Crippen LogP) is 4.65. The van der Waals surface area contributed by atoms with E-state index in [4.69, 9.17) is 15.8 Å². The molecule has 1 aliphatic rings. The Balaban J connectivity index is 1.92. The molecular weight excluding hydrogens is 465 g/mol. The van der Waals surface area contributed by atoms with Crippen LogP contribution in [0.3, 0.4) is 0 Å². The largest absolute Gasteiger partial charge is 0.307 e. The molecule has 2 aromatic rings. The number of aryl methyl sites for hydroxylation is 2. The third-order valence-corrected chi connectivity index (χ3v) is 7.57. The van der Waals surface area contributed by atoms with E-state index >= 15 is 0 Å². The normalized spacial score (nSPS) is 21.5. The Hall–Kier alpha value is -1.80. The van der Waals surface area contributed by atoms with Crippen molar-refractivity contribution in [3.8, 4) is 0 Å². The standard InChI is InChI=1S/C25H31ClFNO4S/c1-17-8-9-19(14-18(17)2)25(11-13-32-33(3,30)31)10-5-12-28-23(16-25)24(29)15-20-21(26)6-4-7-22(20)27/h4,6-9,14,23,28H,5,10-13,15-16H2,1-3H3. The van der Waals surface area contributed by atoms with Crippen LogP contribution in [0.25, 0.3) is 0 Å². The van der Waals surface area contributed by atoms with Crippen molar-refractivity contribution >= 4 is 27.5 Å². The first-order chi connectivity index (χ1) is 15.5. The highest BCUT2D eigenvalue weighted by atomic mass is 35.5. The van der Waals surface area contributed by atoms with E-state index in [1.807, 2.05) is 13.8 Å². The van der Waals surface area contributed by atoms with Crippen LogP contribution in [0.1, 0.15) is 47.9 Å². The average molecular weight is 496 g/mol. The molecule has 1 N–H and O–H groups in total. The van der Waals surface area contributed by atoms with Gasteiger partial charge < -0.3 is 5.32 Å². The molecule has 5 nitrogen and oxygen atoms in total. The molecule has 0 saturated carbocycles. The van der Waals surface area contributed by atoms with Crippen LogP contribution in [0.15, 0.2) is 36.4 Å². The molecule has 1 aliphatic heterocycles. The summed E-state index contributed by atoms with van der Waals surface area (Å²) in [6.45, 7) is 4.75. The number of nitrogens with one attached hydrogen (secondary N) is 1. The Kier molecular flexibility index (Phi) is 8.32. The van der Waals surface area contributed by atoms with Crippen molar-refractivity contribution in [2.75, 3.05) is 19.4 Å². The maximum atomic E-state index is 14.3. The summed E-state index contributed by atoms with van der Waals surface area (Å²) >= 11 is 6.15. The lowest BCUT2D eigenvalue weighted by molar-refractivity contribution is -0.120. The molecule has 180 valence electrons. The highest BCUT2D eigenvalue weighted by Crippen LogP contribution is 2.40. The van der Waals surface area contributed by atoms with Gasteiger partial charge in [-0.1, -0.05) is 35.9 Å². The molecule has 0 spiro atoms. The molecule has 0 bridgehead atoms. The summed E-state index contributed by atoms with van der Waals surface area (Å²) in [5.74, 6) is -0.632. The molecule has 1 fully saturated rings. The summed E-state index contributed by atoms with van der Waals surface area (Å²) in [5, 5.41) is 3.56. The number of ketones is 1. The number of carbonyl (C=O) groups excluding carboxylic acids is 1. The van der Waals surface area contributed by atoms with E-state index in [0.717, 1.165) is 35.8 Å². The van der Waals surface area contributed by atoms with Crippen LogP contribution in [0.5, 0.6) is 0 Å². The van der Waals surface area contributed by atoms with Gasteiger partial charge in [-0.25, -0.2) is 4.39 Å². The molecule has 2 aromatic carbocycles. The summed E-state index contributed by atoms with van der Waals surface area (Å²) in [4.78, 5) is 13.3. The molecule has 2 unspecified atom stereocenters. The van der Waals surface area contributed by atoms with Crippen molar-refractivity contribution in [2.24, 2.45) is 0 Å². The van der Waals surface area contributed by atoms with Gasteiger partial charge in [-0.05, 0) is 80.3 Å². The molecular formula is C25H31ClFNO4S. The molecule has 0 aliphatic carbocycles. The molecule has 2 atom stereocenters. The number of Topliss-reactive ketones (excluding diaryl/α,β-unsaturated/α-hetero) is 1. The average Bonchev–Trinajstić information content (AvgIpc) is 2.95. The van der Waals surface area contributed by atoms with Crippen LogP contribution < -0.4 is 5.32 Å². The third kappa shape index (κ3) is 6.63. The van der Waals surface area contributed by atoms with Crippen LogP contribution in [0.2, 0.25) is 5.02 Å². The topological polar surface area (TPSA) is 72.5 Å². The Labute approximate surface area is 200 Å². The number of hydrogen-bond donors (Lipinski definition) is 1. The highest BCUT2D eigenvalue weighted by Gasteiger charge is 2.39. The minimum atomic E-state index is -3.58. The molecule has 8 heteroatoms. The smallest absolute Gasteiger partial charge is 0.264 e. The van der Waals surface area contributed by atoms with Gasteiger partial charge in [0.05, 0.1) is 18.9 Å². The number of carbonyl (C=O) groups is 1. The zero-order valence-electron chi connectivity index (χ0n) is 19.3. The van der Waals surface area contributed by atoms with Gasteiger partial charge in [0, 0.05) is 17.0 Å². The van der Waals surface area contributed by atoms with Gasteiger partial charge in [0.15, 0.2) is 5.78 Å². The summed E-state index contributed by atoms with van der Waals surface area (Å²) in [6, 6.07) is 10.1. The number of hydrogen-bond acceptors (Lipinski definition) is 5. The molecule has 33 heavy (non-hydrogen) atoms. The van der Waals surface area contributed by atoms with Gasteiger partial charge in [0.1, 0.15) is 5.82 Å². The third-order valence-electron chi connectivity index (χ3n) is 6.62. The summed E-state index contributed by atoms with van der Waals surface area (Å²) in [6.07, 6.45) is 3.44. The molecule has 1 saturated heterocycles. The van der Waals surface area contributed by atoms with E-state index in [0.29, 0.717) is 19.4 Å². The maximum Gasteiger partial charge on any atom is 0.264 e. The summed E-state index contributed by atoms with van der Waals surface area (Å²) in [7, 11) is -3.58. The molecule has 1 heterocycles. The SMILES string of the molecule is Cc1ccc(C2(CCOS(C)(=O)=O)CCCNC(C(=O)Cc3c(F)cccc3Cl)C2)cc1C. The van der Waals surface area contributed by atoms with E-state index in [1.165, 1.54) is 12.1 Å². The first kappa shape index (κ1) is 25.8. The quantitative estimate of drug-likeness (QED) is 0.539. The van der Waals surface area contributed by atoms with E-state index in [1.54, 1.807) is 6.07 Å². The fourth-order valence-electron chi connectivity index (χ4n) is 4.59. The van der Waals surface area contributed by atoms with Crippen molar-refractivity contribution < 1.29 is 21.8 Å². The van der Waals surface area contributed by atoms with Crippen LogP contribution >= 0.6 is 11.6 Å². The lowest BCUT2D eigenvalue weighted by atomic mass is 9.69. The van der Waals surface area contributed by atoms with Crippen LogP contribution in [-0.2, 0) is 30.9 Å². The molecule has 0 aromatic heterocycles. The maximum absolute atomic E-state index is 14.3. The Morgan fingerprint density at radius 3 is 2.67 bits per heavy atom. The summed E-state index contributed by atoms with van der Waals surface area (Å²) < 4.78 is 42.6. The van der Waals surface area contributed by atoms with Crippen LogP contribution in [0.4, 0.5) is 4.39 Å². The Morgan fingerprint density at radius 1 is 1.24 bits per heavy atom. The second-order valence-electron chi connectivity index (χ2n) is 9.01. The van der Waals surface area contributed by atoms with Crippen molar-refractivity contribution in [1.82, 2.24) is 5.32 Å². The van der Waals surface area contributed by atoms with Gasteiger partial charge in [-0.2, -0.15) is 8.42 Å². The molecule has 0 radical (unpaired) electrons. The van der Waals surface area contributed by atoms with Gasteiger partial charge in [-0.15, -0.1) is 0 Å². The number of halogens is 2. The first-order valence-corrected chi connectivity index (χ1v) is 13.3. The number of benzene rings is 2. The highest BCUT2D eigenvalue weighted by molar-refractivity contribution is 7.85. The van der Waals surface area contributed by atoms with Gasteiger partial charge in [0.25, 0.3) is 10.1 Å². The van der Waals surface area contributed by atoms with Crippen LogP contribution in [0, 0.1) is 19.7 Å². The van der Waals surface area contributed by atoms with E-state index < -0.39 is 27.4 Å². The second-order valence-corrected chi connectivity index (χ2v) is 11.1. The lowest BCUT2D eigenvalue weighted by Crippen LogP contribution is -2.42. The second kappa shape index (κ2) is 10.6. The fourth-order valence-corrected chi connectivity index (χ4v) is 5.20. The van der Waals surface area contributed by atoms with Gasteiger partial charge in [0.2, 0.25) is 0 Å². The Bertz CT molecular complexity index is 1100. The Morgan fingerprint density at radius 2 is 2.00 bits per heavy atom. The fraction of sp³-hybridized carbons (Fsp3) is 0.480. The van der Waals surface area contributed by atoms with E-state index in [2.05, 4.69) is 23.5 Å². The van der Waals surface area contributed by atoms with E-state index in [9.17, 15) is 17.6 Å². The summed E-state index contributed by atoms with van der Waals surface area (Å²) in [5.41, 5.74) is 3.11. The minimum Gasteiger partial charge on any atom is -0.307 e. The van der Waals surface area contributed by atoms with Crippen molar-refractivity contribution in [1.29, 1.82) is 0 Å². The van der Waals surface area contributed by atoms with Crippen molar-refractivity contribution in [2.45, 2.75) is 57.4 Å². The van der Waals surface area contributed by atoms with Crippen molar-refractivity contribution in [3.05, 3.63) is 69.5 Å². The zero-order chi connectivity index (χ0) is 24.2.